The molecule has 14 heavy (non-hydrogen) atoms. The van der Waals surface area contributed by atoms with E-state index in [-0.39, 0.29) is 5.91 Å². The quantitative estimate of drug-likeness (QED) is 0.341. The second kappa shape index (κ2) is 4.38. The highest BCUT2D eigenvalue weighted by atomic mass is 16.2. The SMILES string of the molecule is CNC(=O)c1cccc(C(=O)NN)c1. The van der Waals surface area contributed by atoms with Gasteiger partial charge in [0.15, 0.2) is 0 Å². The molecule has 0 saturated heterocycles. The molecule has 1 aromatic carbocycles. The van der Waals surface area contributed by atoms with Gasteiger partial charge in [0.25, 0.3) is 11.8 Å². The molecule has 0 atom stereocenters. The van der Waals surface area contributed by atoms with Crippen molar-refractivity contribution in [2.75, 3.05) is 7.05 Å². The number of amides is 2. The molecule has 0 fully saturated rings. The third kappa shape index (κ3) is 2.08. The number of hydrogen-bond donors (Lipinski definition) is 3. The van der Waals surface area contributed by atoms with Gasteiger partial charge in [-0.15, -0.1) is 0 Å². The molecule has 0 aliphatic heterocycles. The number of nitrogen functional groups attached to an aromatic ring is 1. The Labute approximate surface area is 81.3 Å². The molecule has 5 nitrogen and oxygen atoms in total. The number of nitrogens with two attached hydrogens (primary N) is 1. The Hall–Kier alpha value is -1.88. The minimum Gasteiger partial charge on any atom is -0.355 e. The highest BCUT2D eigenvalue weighted by molar-refractivity contribution is 5.99. The molecule has 1 rings (SSSR count). The molecule has 2 amide bonds. The van der Waals surface area contributed by atoms with Crippen LogP contribution in [0.1, 0.15) is 20.7 Å². The summed E-state index contributed by atoms with van der Waals surface area (Å²) in [5.41, 5.74) is 2.77. The lowest BCUT2D eigenvalue weighted by Gasteiger charge is -2.02. The first-order valence-corrected chi connectivity index (χ1v) is 4.02. The van der Waals surface area contributed by atoms with Crippen LogP contribution in [0.15, 0.2) is 24.3 Å². The van der Waals surface area contributed by atoms with E-state index in [1.807, 2.05) is 5.43 Å². The van der Waals surface area contributed by atoms with Crippen LogP contribution in [0.4, 0.5) is 0 Å². The zero-order chi connectivity index (χ0) is 10.6. The van der Waals surface area contributed by atoms with E-state index in [4.69, 9.17) is 5.84 Å². The van der Waals surface area contributed by atoms with Crippen LogP contribution in [0.25, 0.3) is 0 Å². The molecule has 0 spiro atoms. The zero-order valence-electron chi connectivity index (χ0n) is 7.70. The third-order valence-electron chi connectivity index (χ3n) is 1.75. The minimum atomic E-state index is -0.421. The van der Waals surface area contributed by atoms with E-state index in [9.17, 15) is 9.59 Å². The van der Waals surface area contributed by atoms with Gasteiger partial charge in [-0.3, -0.25) is 15.0 Å². The topological polar surface area (TPSA) is 84.2 Å². The zero-order valence-corrected chi connectivity index (χ0v) is 7.70. The fourth-order valence-corrected chi connectivity index (χ4v) is 1.03. The van der Waals surface area contributed by atoms with Gasteiger partial charge in [0.05, 0.1) is 0 Å². The van der Waals surface area contributed by atoms with E-state index in [0.29, 0.717) is 11.1 Å². The van der Waals surface area contributed by atoms with E-state index >= 15 is 0 Å². The minimum absolute atomic E-state index is 0.239. The molecule has 0 bridgehead atoms. The lowest BCUT2D eigenvalue weighted by molar-refractivity contribution is 0.0953. The smallest absolute Gasteiger partial charge is 0.265 e. The third-order valence-corrected chi connectivity index (χ3v) is 1.75. The van der Waals surface area contributed by atoms with Crippen LogP contribution in [0.2, 0.25) is 0 Å². The second-order valence-corrected chi connectivity index (χ2v) is 2.63. The first-order valence-electron chi connectivity index (χ1n) is 4.02. The van der Waals surface area contributed by atoms with Crippen molar-refractivity contribution >= 4 is 11.8 Å². The van der Waals surface area contributed by atoms with Gasteiger partial charge >= 0.3 is 0 Å². The summed E-state index contributed by atoms with van der Waals surface area (Å²) in [6, 6.07) is 6.29. The summed E-state index contributed by atoms with van der Waals surface area (Å²) >= 11 is 0. The predicted octanol–water partition coefficient (Wildman–Crippen LogP) is -0.350. The van der Waals surface area contributed by atoms with E-state index < -0.39 is 5.91 Å². The van der Waals surface area contributed by atoms with Crippen molar-refractivity contribution in [1.82, 2.24) is 10.7 Å². The highest BCUT2D eigenvalue weighted by Crippen LogP contribution is 2.04. The predicted molar refractivity (Wildman–Crippen MR) is 51.5 cm³/mol. The largest absolute Gasteiger partial charge is 0.355 e. The van der Waals surface area contributed by atoms with Crippen LogP contribution in [-0.2, 0) is 0 Å². The molecule has 0 aliphatic carbocycles. The van der Waals surface area contributed by atoms with Crippen LogP contribution in [0, 0.1) is 0 Å². The number of nitrogens with one attached hydrogen (secondary N) is 2. The van der Waals surface area contributed by atoms with Crippen molar-refractivity contribution in [3.05, 3.63) is 35.4 Å². The summed E-state index contributed by atoms with van der Waals surface area (Å²) in [7, 11) is 1.53. The van der Waals surface area contributed by atoms with Crippen LogP contribution < -0.4 is 16.6 Å². The molecule has 1 aromatic rings. The second-order valence-electron chi connectivity index (χ2n) is 2.63. The van der Waals surface area contributed by atoms with E-state index in [2.05, 4.69) is 5.32 Å². The molecular weight excluding hydrogens is 182 g/mol. The Morgan fingerprint density at radius 3 is 2.29 bits per heavy atom. The Morgan fingerprint density at radius 1 is 1.21 bits per heavy atom. The summed E-state index contributed by atoms with van der Waals surface area (Å²) in [5, 5.41) is 2.46. The number of rotatable bonds is 2. The monoisotopic (exact) mass is 193 g/mol. The summed E-state index contributed by atoms with van der Waals surface area (Å²) in [6.07, 6.45) is 0. The van der Waals surface area contributed by atoms with Crippen LogP contribution in [0.5, 0.6) is 0 Å². The van der Waals surface area contributed by atoms with Gasteiger partial charge in [-0.1, -0.05) is 6.07 Å². The standard InChI is InChI=1S/C9H11N3O2/c1-11-8(13)6-3-2-4-7(5-6)9(14)12-10/h2-5H,10H2,1H3,(H,11,13)(H,12,14). The maximum Gasteiger partial charge on any atom is 0.265 e. The van der Waals surface area contributed by atoms with Crippen LogP contribution in [-0.4, -0.2) is 18.9 Å². The van der Waals surface area contributed by atoms with Gasteiger partial charge in [0.2, 0.25) is 0 Å². The number of carbonyl (C=O) groups excluding carboxylic acids is 2. The van der Waals surface area contributed by atoms with Gasteiger partial charge < -0.3 is 5.32 Å². The average molecular weight is 193 g/mol. The summed E-state index contributed by atoms with van der Waals surface area (Å²) in [5.74, 6) is 4.30. The van der Waals surface area contributed by atoms with Gasteiger partial charge in [0, 0.05) is 18.2 Å². The molecule has 0 aliphatic rings. The van der Waals surface area contributed by atoms with Crippen molar-refractivity contribution in [3.63, 3.8) is 0 Å². The molecular formula is C9H11N3O2. The van der Waals surface area contributed by atoms with Crippen molar-refractivity contribution in [2.45, 2.75) is 0 Å². The average Bonchev–Trinajstić information content (AvgIpc) is 2.27. The Balaban J connectivity index is 3.01. The number of hydrazine groups is 1. The Bertz CT molecular complexity index is 332. The maximum absolute atomic E-state index is 11.2. The normalized spacial score (nSPS) is 9.29. The van der Waals surface area contributed by atoms with Gasteiger partial charge in [0.1, 0.15) is 0 Å². The van der Waals surface area contributed by atoms with E-state index in [0.717, 1.165) is 0 Å². The summed E-state index contributed by atoms with van der Waals surface area (Å²) < 4.78 is 0. The summed E-state index contributed by atoms with van der Waals surface area (Å²) in [6.45, 7) is 0. The lowest BCUT2D eigenvalue weighted by atomic mass is 10.1. The van der Waals surface area contributed by atoms with Crippen molar-refractivity contribution < 1.29 is 9.59 Å². The molecule has 74 valence electrons. The number of hydrogen-bond acceptors (Lipinski definition) is 3. The molecule has 4 N–H and O–H groups in total. The Morgan fingerprint density at radius 2 is 1.79 bits per heavy atom. The van der Waals surface area contributed by atoms with Gasteiger partial charge in [-0.2, -0.15) is 0 Å². The molecule has 0 unspecified atom stereocenters. The fraction of sp³-hybridized carbons (Fsp3) is 0.111. The van der Waals surface area contributed by atoms with Crippen molar-refractivity contribution in [3.8, 4) is 0 Å². The summed E-state index contributed by atoms with van der Waals surface area (Å²) in [4.78, 5) is 22.3. The molecule has 0 heterocycles. The molecule has 0 radical (unpaired) electrons. The molecule has 5 heteroatoms. The molecule has 0 saturated carbocycles. The first kappa shape index (κ1) is 10.2. The van der Waals surface area contributed by atoms with E-state index in [1.165, 1.54) is 13.1 Å². The van der Waals surface area contributed by atoms with Crippen LogP contribution in [0.3, 0.4) is 0 Å². The maximum atomic E-state index is 11.2. The van der Waals surface area contributed by atoms with Crippen molar-refractivity contribution in [2.24, 2.45) is 5.84 Å². The van der Waals surface area contributed by atoms with Crippen LogP contribution >= 0.6 is 0 Å². The lowest BCUT2D eigenvalue weighted by Crippen LogP contribution is -2.30. The number of carbonyl (C=O) groups is 2. The molecule has 0 aromatic heterocycles. The van der Waals surface area contributed by atoms with Crippen molar-refractivity contribution in [1.29, 1.82) is 0 Å². The fourth-order valence-electron chi connectivity index (χ4n) is 1.03. The number of benzene rings is 1. The van der Waals surface area contributed by atoms with Gasteiger partial charge in [-0.25, -0.2) is 5.84 Å². The first-order chi connectivity index (χ1) is 6.69. The van der Waals surface area contributed by atoms with E-state index in [1.54, 1.807) is 18.2 Å². The highest BCUT2D eigenvalue weighted by Gasteiger charge is 2.07. The van der Waals surface area contributed by atoms with Gasteiger partial charge in [-0.05, 0) is 18.2 Å². The Kier molecular flexibility index (Phi) is 3.19.